The number of ether oxygens (including phenoxy) is 1. The summed E-state index contributed by atoms with van der Waals surface area (Å²) in [5.41, 5.74) is 13.6. The van der Waals surface area contributed by atoms with Crippen LogP contribution in [0.1, 0.15) is 97.1 Å². The van der Waals surface area contributed by atoms with Gasteiger partial charge in [-0.05, 0) is 147 Å². The van der Waals surface area contributed by atoms with Crippen LogP contribution in [-0.4, -0.2) is 54.1 Å². The zero-order chi connectivity index (χ0) is 43.5. The average molecular weight is 856 g/mol. The maximum absolute atomic E-state index is 14.9. The molecule has 3 aliphatic heterocycles. The molecule has 0 spiro atoms. The molecule has 0 aliphatic carbocycles. The molecule has 3 aromatic heterocycles. The van der Waals surface area contributed by atoms with Gasteiger partial charge in [0.05, 0.1) is 32.6 Å². The first-order valence-corrected chi connectivity index (χ1v) is 23.8. The number of allylic oxidation sites excluding steroid dienone is 4. The van der Waals surface area contributed by atoms with E-state index in [1.807, 2.05) is 26.8 Å². The lowest BCUT2D eigenvalue weighted by atomic mass is 10.00. The summed E-state index contributed by atoms with van der Waals surface area (Å²) in [4.78, 5) is 12.8. The highest BCUT2D eigenvalue weighted by atomic mass is 32.2. The van der Waals surface area contributed by atoms with Crippen LogP contribution in [0.5, 0.6) is 0 Å². The third-order valence-corrected chi connectivity index (χ3v) is 15.7. The Morgan fingerprint density at radius 3 is 1.84 bits per heavy atom. The van der Waals surface area contributed by atoms with Crippen LogP contribution in [0.25, 0.3) is 23.8 Å². The summed E-state index contributed by atoms with van der Waals surface area (Å²) < 4.78 is 67.8. The molecule has 61 heavy (non-hydrogen) atoms. The number of fused-ring (bicyclic) bond motifs is 9. The maximum atomic E-state index is 14.9. The smallest absolute Gasteiger partial charge is 0.268 e. The molecule has 8 rings (SSSR count). The lowest BCUT2D eigenvalue weighted by Crippen LogP contribution is -2.37. The van der Waals surface area contributed by atoms with Gasteiger partial charge >= 0.3 is 0 Å². The Balaban J connectivity index is 1.48. The number of aromatic amines is 2. The van der Waals surface area contributed by atoms with Gasteiger partial charge in [-0.15, -0.1) is 0 Å². The number of benzene rings is 2. The van der Waals surface area contributed by atoms with E-state index in [0.29, 0.717) is 28.2 Å². The standard InChI is InChI=1S/C49H53N5O5S2/c1-10-38-31(7)43-24-34-22-33(28-53(34)60(55,56)36-18-14-29(5)15-19-36)42-23-35(54(49(42)59-9)61(57,58)37-20-16-30(6)17-21-37)25-44-32(8)39(11-2)46(51-44)27-48-41(13-4)40(12-3)47(52-48)26-45(38)50-43/h14-28,49-50,52H,10-13H2,1-9H3. The van der Waals surface area contributed by atoms with Gasteiger partial charge in [-0.25, -0.2) is 30.1 Å². The average Bonchev–Trinajstić information content (AvgIpc) is 4.04. The van der Waals surface area contributed by atoms with Crippen molar-refractivity contribution in [3.8, 4) is 0 Å². The molecule has 10 nitrogen and oxygen atoms in total. The van der Waals surface area contributed by atoms with Crippen LogP contribution in [0, 0.1) is 20.8 Å². The Hall–Kier alpha value is -5.69. The van der Waals surface area contributed by atoms with E-state index in [2.05, 4.69) is 56.7 Å². The number of nitrogens with one attached hydrogen (secondary N) is 2. The van der Waals surface area contributed by atoms with Crippen molar-refractivity contribution in [2.45, 2.75) is 97.1 Å². The van der Waals surface area contributed by atoms with Crippen LogP contribution >= 0.6 is 0 Å². The maximum Gasteiger partial charge on any atom is 0.268 e. The third kappa shape index (κ3) is 7.14. The fourth-order valence-corrected chi connectivity index (χ4v) is 11.8. The van der Waals surface area contributed by atoms with Crippen LogP contribution in [0.2, 0.25) is 0 Å². The Kier molecular flexibility index (Phi) is 11.0. The van der Waals surface area contributed by atoms with Crippen molar-refractivity contribution in [1.29, 1.82) is 0 Å². The molecular weight excluding hydrogens is 803 g/mol. The molecule has 0 radical (unpaired) electrons. The van der Waals surface area contributed by atoms with Crippen molar-refractivity contribution in [1.82, 2.24) is 18.2 Å². The highest BCUT2D eigenvalue weighted by Crippen LogP contribution is 2.41. The Bertz CT molecular complexity index is 3110. The Morgan fingerprint density at radius 1 is 0.672 bits per heavy atom. The minimum Gasteiger partial charge on any atom is -0.356 e. The van der Waals surface area contributed by atoms with Gasteiger partial charge in [0.2, 0.25) is 0 Å². The Labute approximate surface area is 359 Å². The van der Waals surface area contributed by atoms with Gasteiger partial charge in [0.15, 0.2) is 6.23 Å². The second-order valence-corrected chi connectivity index (χ2v) is 19.6. The number of hydrogen-bond acceptors (Lipinski definition) is 6. The summed E-state index contributed by atoms with van der Waals surface area (Å²) in [7, 11) is -6.91. The third-order valence-electron chi connectivity index (χ3n) is 12.2. The van der Waals surface area contributed by atoms with Crippen molar-refractivity contribution in [3.05, 3.63) is 162 Å². The normalized spacial score (nSPS) is 16.6. The van der Waals surface area contributed by atoms with Crippen LogP contribution in [-0.2, 0) is 44.0 Å². The van der Waals surface area contributed by atoms with Gasteiger partial charge < -0.3 is 14.7 Å². The number of methoxy groups -OCH3 is 1. The van der Waals surface area contributed by atoms with E-state index < -0.39 is 26.3 Å². The van der Waals surface area contributed by atoms with Gasteiger partial charge in [0.1, 0.15) is 0 Å². The first-order valence-electron chi connectivity index (χ1n) is 20.9. The van der Waals surface area contributed by atoms with Gasteiger partial charge in [0.25, 0.3) is 20.0 Å². The highest BCUT2D eigenvalue weighted by molar-refractivity contribution is 7.90. The molecule has 0 saturated heterocycles. The van der Waals surface area contributed by atoms with E-state index in [1.165, 1.54) is 26.5 Å². The van der Waals surface area contributed by atoms with Crippen LogP contribution < -0.4 is 10.7 Å². The largest absolute Gasteiger partial charge is 0.356 e. The number of rotatable bonds is 9. The molecule has 1 unspecified atom stereocenters. The number of nitrogens with zero attached hydrogens (tertiary/aromatic N) is 3. The second kappa shape index (κ2) is 16.0. The summed E-state index contributed by atoms with van der Waals surface area (Å²) in [6.07, 6.45) is 13.3. The van der Waals surface area contributed by atoms with Crippen molar-refractivity contribution in [2.24, 2.45) is 4.99 Å². The number of aromatic nitrogens is 3. The molecule has 12 heteroatoms. The predicted molar refractivity (Wildman–Crippen MR) is 244 cm³/mol. The molecular formula is C49H53N5O5S2. The molecule has 0 fully saturated rings. The predicted octanol–water partition coefficient (Wildman–Crippen LogP) is 8.13. The van der Waals surface area contributed by atoms with Crippen molar-refractivity contribution in [3.63, 3.8) is 0 Å². The summed E-state index contributed by atoms with van der Waals surface area (Å²) >= 11 is 0. The molecule has 10 bridgehead atoms. The minimum atomic E-state index is -4.23. The quantitative estimate of drug-likeness (QED) is 0.155. The number of hydrogen-bond donors (Lipinski definition) is 2. The molecule has 6 heterocycles. The highest BCUT2D eigenvalue weighted by Gasteiger charge is 2.41. The number of aryl methyl sites for hydroxylation is 2. The zero-order valence-corrected chi connectivity index (χ0v) is 37.9. The SMILES string of the molecule is CCC1=C(C)C2=NC1=Cc1[nH]c(c(CC)c1CC)C=c1[nH]c(c(C)c1CC)=Cc1cc(cn1S(=O)(=O)c1ccc(C)cc1)C1=CC(=C2)N(S(=O)(=O)c2ccc(C)cc2)C1OC. The van der Waals surface area contributed by atoms with Gasteiger partial charge in [-0.2, -0.15) is 0 Å². The van der Waals surface area contributed by atoms with Gasteiger partial charge in [-0.3, -0.25) is 0 Å². The lowest BCUT2D eigenvalue weighted by Gasteiger charge is -2.28. The molecule has 5 aromatic rings. The monoisotopic (exact) mass is 855 g/mol. The van der Waals surface area contributed by atoms with Gasteiger partial charge in [-0.1, -0.05) is 63.1 Å². The first-order chi connectivity index (χ1) is 29.1. The molecule has 2 aromatic carbocycles. The molecule has 0 saturated carbocycles. The lowest BCUT2D eigenvalue weighted by molar-refractivity contribution is 0.0850. The fraction of sp³-hybridized carbons (Fsp3) is 0.286. The van der Waals surface area contributed by atoms with Crippen molar-refractivity contribution in [2.75, 3.05) is 7.11 Å². The number of H-pyrrole nitrogens is 2. The molecule has 0 amide bonds. The summed E-state index contributed by atoms with van der Waals surface area (Å²) in [6.45, 7) is 16.5. The fourth-order valence-electron chi connectivity index (χ4n) is 8.93. The molecule has 1 atom stereocenters. The van der Waals surface area contributed by atoms with E-state index in [9.17, 15) is 16.8 Å². The van der Waals surface area contributed by atoms with Crippen LogP contribution in [0.4, 0.5) is 0 Å². The molecule has 3 aliphatic rings. The number of aliphatic imine (C=N–C) groups is 1. The van der Waals surface area contributed by atoms with E-state index in [1.54, 1.807) is 72.9 Å². The molecule has 316 valence electrons. The van der Waals surface area contributed by atoms with E-state index >= 15 is 0 Å². The first kappa shape index (κ1) is 42.0. The minimum absolute atomic E-state index is 0.0992. The van der Waals surface area contributed by atoms with Crippen LogP contribution in [0.3, 0.4) is 0 Å². The summed E-state index contributed by atoms with van der Waals surface area (Å²) in [6, 6.07) is 15.3. The van der Waals surface area contributed by atoms with E-state index in [-0.39, 0.29) is 9.79 Å². The second-order valence-electron chi connectivity index (χ2n) is 15.9. The van der Waals surface area contributed by atoms with Gasteiger partial charge in [0, 0.05) is 46.5 Å². The van der Waals surface area contributed by atoms with E-state index in [0.717, 1.165) is 86.9 Å². The topological polar surface area (TPSA) is 130 Å². The Morgan fingerprint density at radius 2 is 1.26 bits per heavy atom. The van der Waals surface area contributed by atoms with Crippen molar-refractivity contribution < 1.29 is 21.6 Å². The summed E-state index contributed by atoms with van der Waals surface area (Å²) in [5, 5.41) is 1.71. The molecule has 2 N–H and O–H groups in total. The number of sulfonamides is 1. The van der Waals surface area contributed by atoms with Crippen molar-refractivity contribution >= 4 is 49.6 Å². The summed E-state index contributed by atoms with van der Waals surface area (Å²) in [5.74, 6) is 0. The zero-order valence-electron chi connectivity index (χ0n) is 36.3. The van der Waals surface area contributed by atoms with Crippen LogP contribution in [0.15, 0.2) is 110 Å². The van der Waals surface area contributed by atoms with E-state index in [4.69, 9.17) is 9.73 Å².